The van der Waals surface area contributed by atoms with Crippen LogP contribution in [0.5, 0.6) is 11.6 Å². The van der Waals surface area contributed by atoms with Gasteiger partial charge >= 0.3 is 12.2 Å². The van der Waals surface area contributed by atoms with E-state index in [1.54, 1.807) is 17.4 Å². The third-order valence-electron chi connectivity index (χ3n) is 4.70. The lowest BCUT2D eigenvalue weighted by molar-refractivity contribution is -0.154. The molecule has 1 N–H and O–H groups in total. The summed E-state index contributed by atoms with van der Waals surface area (Å²) in [6, 6.07) is 9.83. The Balaban J connectivity index is 1.67. The van der Waals surface area contributed by atoms with Gasteiger partial charge in [0.05, 0.1) is 31.4 Å². The van der Waals surface area contributed by atoms with Crippen LogP contribution >= 0.6 is 0 Å². The highest BCUT2D eigenvalue weighted by Gasteiger charge is 2.28. The quantitative estimate of drug-likeness (QED) is 0.431. The molecular weight excluding hydrogens is 451 g/mol. The van der Waals surface area contributed by atoms with Crippen molar-refractivity contribution in [2.24, 2.45) is 0 Å². The minimum Gasteiger partial charge on any atom is -0.494 e. The average molecular weight is 477 g/mol. The summed E-state index contributed by atoms with van der Waals surface area (Å²) < 4.78 is 49.1. The molecule has 34 heavy (non-hydrogen) atoms. The first-order valence-corrected chi connectivity index (χ1v) is 10.7. The molecule has 3 aromatic rings. The van der Waals surface area contributed by atoms with Crippen molar-refractivity contribution in [3.63, 3.8) is 0 Å². The van der Waals surface area contributed by atoms with Gasteiger partial charge in [-0.05, 0) is 25.5 Å². The van der Waals surface area contributed by atoms with Gasteiger partial charge in [-0.15, -0.1) is 0 Å². The lowest BCUT2D eigenvalue weighted by Gasteiger charge is -2.24. The van der Waals surface area contributed by atoms with E-state index in [4.69, 9.17) is 4.74 Å². The predicted molar refractivity (Wildman–Crippen MR) is 120 cm³/mol. The average Bonchev–Trinajstić information content (AvgIpc) is 3.32. The zero-order chi connectivity index (χ0) is 24.4. The van der Waals surface area contributed by atoms with Crippen LogP contribution in [0, 0.1) is 0 Å². The largest absolute Gasteiger partial charge is 0.494 e. The number of carbonyl (C=O) groups excluding carboxylic acids is 1. The molecule has 1 aromatic carbocycles. The lowest BCUT2D eigenvalue weighted by Crippen LogP contribution is -2.35. The SMILES string of the molecule is CCOc1ccccc1CN(CCCn1ccnc1)C(=O)Nc1ccc(OCC(F)(F)F)nc1. The predicted octanol–water partition coefficient (Wildman–Crippen LogP) is 4.74. The fourth-order valence-electron chi connectivity index (χ4n) is 3.15. The Morgan fingerprint density at radius 2 is 2.00 bits per heavy atom. The molecule has 2 aromatic heterocycles. The van der Waals surface area contributed by atoms with Gasteiger partial charge in [-0.2, -0.15) is 13.2 Å². The number of hydrogen-bond donors (Lipinski definition) is 1. The first kappa shape index (κ1) is 24.9. The molecule has 0 saturated heterocycles. The molecule has 2 amide bonds. The Hall–Kier alpha value is -3.76. The highest BCUT2D eigenvalue weighted by atomic mass is 19.4. The second kappa shape index (κ2) is 11.9. The number of aromatic nitrogens is 3. The fourth-order valence-corrected chi connectivity index (χ4v) is 3.15. The van der Waals surface area contributed by atoms with Crippen molar-refractivity contribution >= 4 is 11.7 Å². The maximum atomic E-state index is 13.1. The van der Waals surface area contributed by atoms with E-state index in [0.717, 1.165) is 5.56 Å². The van der Waals surface area contributed by atoms with E-state index in [-0.39, 0.29) is 11.9 Å². The van der Waals surface area contributed by atoms with E-state index in [9.17, 15) is 18.0 Å². The number of hydrogen-bond acceptors (Lipinski definition) is 5. The minimum absolute atomic E-state index is 0.182. The van der Waals surface area contributed by atoms with Crippen molar-refractivity contribution in [3.05, 3.63) is 66.9 Å². The molecule has 8 nitrogen and oxygen atoms in total. The molecule has 3 rings (SSSR count). The highest BCUT2D eigenvalue weighted by molar-refractivity contribution is 5.89. The summed E-state index contributed by atoms with van der Waals surface area (Å²) in [5, 5.41) is 2.74. The second-order valence-electron chi connectivity index (χ2n) is 7.34. The van der Waals surface area contributed by atoms with Crippen molar-refractivity contribution in [2.45, 2.75) is 32.6 Å². The van der Waals surface area contributed by atoms with Crippen LogP contribution in [0.25, 0.3) is 0 Å². The zero-order valence-electron chi connectivity index (χ0n) is 18.7. The summed E-state index contributed by atoms with van der Waals surface area (Å²) in [4.78, 5) is 22.6. The van der Waals surface area contributed by atoms with Crippen LogP contribution in [-0.2, 0) is 13.1 Å². The molecule has 0 saturated carbocycles. The van der Waals surface area contributed by atoms with Crippen LogP contribution in [0.15, 0.2) is 61.3 Å². The number of rotatable bonds is 11. The zero-order valence-corrected chi connectivity index (χ0v) is 18.7. The monoisotopic (exact) mass is 477 g/mol. The van der Waals surface area contributed by atoms with Crippen molar-refractivity contribution in [3.8, 4) is 11.6 Å². The molecule has 0 aliphatic heterocycles. The van der Waals surface area contributed by atoms with Crippen LogP contribution in [0.2, 0.25) is 0 Å². The van der Waals surface area contributed by atoms with Crippen LogP contribution in [0.4, 0.5) is 23.7 Å². The maximum Gasteiger partial charge on any atom is 0.422 e. The van der Waals surface area contributed by atoms with Gasteiger partial charge in [0.15, 0.2) is 6.61 Å². The maximum absolute atomic E-state index is 13.1. The van der Waals surface area contributed by atoms with Gasteiger partial charge in [-0.3, -0.25) is 0 Å². The van der Waals surface area contributed by atoms with Crippen molar-refractivity contribution in [1.82, 2.24) is 19.4 Å². The number of pyridine rings is 1. The summed E-state index contributed by atoms with van der Waals surface area (Å²) in [5.41, 5.74) is 1.19. The highest BCUT2D eigenvalue weighted by Crippen LogP contribution is 2.22. The Labute approximate surface area is 195 Å². The third-order valence-corrected chi connectivity index (χ3v) is 4.70. The number of nitrogens with one attached hydrogen (secondary N) is 1. The molecule has 0 fully saturated rings. The molecule has 0 radical (unpaired) electrons. The second-order valence-corrected chi connectivity index (χ2v) is 7.34. The summed E-state index contributed by atoms with van der Waals surface area (Å²) in [6.07, 6.45) is 2.73. The van der Waals surface area contributed by atoms with Gasteiger partial charge in [0.25, 0.3) is 0 Å². The Kier molecular flexibility index (Phi) is 8.72. The van der Waals surface area contributed by atoms with Crippen LogP contribution in [0.1, 0.15) is 18.9 Å². The number of imidazole rings is 1. The van der Waals surface area contributed by atoms with E-state index < -0.39 is 12.8 Å². The van der Waals surface area contributed by atoms with E-state index in [0.29, 0.717) is 44.1 Å². The number of benzene rings is 1. The van der Waals surface area contributed by atoms with Gasteiger partial charge in [0, 0.05) is 37.1 Å². The van der Waals surface area contributed by atoms with Gasteiger partial charge in [-0.25, -0.2) is 14.8 Å². The number of aryl methyl sites for hydroxylation is 1. The third kappa shape index (κ3) is 7.98. The molecule has 11 heteroatoms. The number of urea groups is 1. The van der Waals surface area contributed by atoms with Gasteiger partial charge in [-0.1, -0.05) is 18.2 Å². The summed E-state index contributed by atoms with van der Waals surface area (Å²) in [6.45, 7) is 2.40. The number of carbonyl (C=O) groups is 1. The minimum atomic E-state index is -4.45. The van der Waals surface area contributed by atoms with Crippen molar-refractivity contribution < 1.29 is 27.4 Å². The lowest BCUT2D eigenvalue weighted by atomic mass is 10.2. The van der Waals surface area contributed by atoms with E-state index in [1.807, 2.05) is 42.0 Å². The molecule has 0 atom stereocenters. The molecule has 0 aliphatic carbocycles. The van der Waals surface area contributed by atoms with E-state index in [1.165, 1.54) is 18.3 Å². The Morgan fingerprint density at radius 3 is 2.68 bits per heavy atom. The first-order valence-electron chi connectivity index (χ1n) is 10.7. The molecule has 0 aliphatic rings. The molecule has 182 valence electrons. The summed E-state index contributed by atoms with van der Waals surface area (Å²) in [7, 11) is 0. The Morgan fingerprint density at radius 1 is 1.18 bits per heavy atom. The fraction of sp³-hybridized carbons (Fsp3) is 0.348. The number of alkyl halides is 3. The molecular formula is C23H26F3N5O3. The van der Waals surface area contributed by atoms with E-state index >= 15 is 0 Å². The summed E-state index contributed by atoms with van der Waals surface area (Å²) in [5.74, 6) is 0.517. The number of ether oxygens (including phenoxy) is 2. The van der Waals surface area contributed by atoms with Gasteiger partial charge in [0.2, 0.25) is 5.88 Å². The van der Waals surface area contributed by atoms with Crippen molar-refractivity contribution in [1.29, 1.82) is 0 Å². The number of amides is 2. The smallest absolute Gasteiger partial charge is 0.422 e. The summed E-state index contributed by atoms with van der Waals surface area (Å²) >= 11 is 0. The molecule has 0 bridgehead atoms. The van der Waals surface area contributed by atoms with E-state index in [2.05, 4.69) is 20.0 Å². The molecule has 0 spiro atoms. The standard InChI is InChI=1S/C23H26F3N5O3/c1-2-33-20-7-4-3-6-18(20)15-31(12-5-11-30-13-10-27-17-30)22(32)29-19-8-9-21(28-14-19)34-16-23(24,25)26/h3-4,6-10,13-14,17H,2,5,11-12,15-16H2,1H3,(H,29,32). The molecule has 2 heterocycles. The van der Waals surface area contributed by atoms with Crippen LogP contribution in [-0.4, -0.2) is 51.4 Å². The topological polar surface area (TPSA) is 81.5 Å². The number of halogens is 3. The molecule has 0 unspecified atom stereocenters. The normalized spacial score (nSPS) is 11.2. The van der Waals surface area contributed by atoms with Crippen molar-refractivity contribution in [2.75, 3.05) is 25.1 Å². The Bertz CT molecular complexity index is 1030. The number of nitrogens with zero attached hydrogens (tertiary/aromatic N) is 4. The number of para-hydroxylation sites is 1. The van der Waals surface area contributed by atoms with Gasteiger partial charge < -0.3 is 24.3 Å². The van der Waals surface area contributed by atoms with Crippen LogP contribution < -0.4 is 14.8 Å². The first-order chi connectivity index (χ1) is 16.3. The van der Waals surface area contributed by atoms with Gasteiger partial charge in [0.1, 0.15) is 5.75 Å². The van der Waals surface area contributed by atoms with Crippen LogP contribution in [0.3, 0.4) is 0 Å². The number of anilines is 1.